The summed E-state index contributed by atoms with van der Waals surface area (Å²) in [4.78, 5) is 54.9. The van der Waals surface area contributed by atoms with Gasteiger partial charge in [0.25, 0.3) is 11.8 Å². The molecule has 5 aromatic rings. The third-order valence-electron chi connectivity index (χ3n) is 7.90. The zero-order chi connectivity index (χ0) is 36.5. The van der Waals surface area contributed by atoms with Crippen molar-refractivity contribution < 1.29 is 28.7 Å². The van der Waals surface area contributed by atoms with Gasteiger partial charge in [0, 0.05) is 28.1 Å². The Balaban J connectivity index is 1.13. The van der Waals surface area contributed by atoms with E-state index in [4.69, 9.17) is 9.47 Å². The number of nitrogens with zero attached hydrogens (tertiary/aromatic N) is 3. The molecule has 260 valence electrons. The normalized spacial score (nSPS) is 14.4. The molecule has 1 atom stereocenters. The number of hydrogen-bond acceptors (Lipinski definition) is 9. The molecular weight excluding hydrogens is 679 g/mol. The van der Waals surface area contributed by atoms with Crippen LogP contribution in [0.3, 0.4) is 0 Å². The highest BCUT2D eigenvalue weighted by Crippen LogP contribution is 2.36. The number of amides is 4. The summed E-state index contributed by atoms with van der Waals surface area (Å²) in [6.07, 6.45) is 1.55. The molecule has 11 nitrogen and oxygen atoms in total. The maximum atomic E-state index is 13.6. The molecule has 0 aromatic heterocycles. The van der Waals surface area contributed by atoms with Gasteiger partial charge in [-0.1, -0.05) is 48.5 Å². The van der Waals surface area contributed by atoms with Crippen molar-refractivity contribution in [1.82, 2.24) is 5.32 Å². The quantitative estimate of drug-likeness (QED) is 0.0761. The van der Waals surface area contributed by atoms with E-state index < -0.39 is 17.1 Å². The smallest absolute Gasteiger partial charge is 0.272 e. The number of carbonyl (C=O) groups is 4. The second-order valence-electron chi connectivity index (χ2n) is 11.4. The number of azo groups is 1. The largest absolute Gasteiger partial charge is 0.493 e. The first-order chi connectivity index (χ1) is 25.3. The Morgan fingerprint density at radius 1 is 0.769 bits per heavy atom. The molecule has 1 heterocycles. The first-order valence-corrected chi connectivity index (χ1v) is 17.0. The van der Waals surface area contributed by atoms with Crippen LogP contribution < -0.4 is 25.0 Å². The van der Waals surface area contributed by atoms with Crippen LogP contribution in [0.25, 0.3) is 6.08 Å². The molecule has 1 unspecified atom stereocenters. The lowest BCUT2D eigenvalue weighted by atomic mass is 10.1. The van der Waals surface area contributed by atoms with Gasteiger partial charge in [0.1, 0.15) is 5.70 Å². The van der Waals surface area contributed by atoms with Crippen LogP contribution in [0.5, 0.6) is 11.5 Å². The zero-order valence-electron chi connectivity index (χ0n) is 28.2. The zero-order valence-corrected chi connectivity index (χ0v) is 29.0. The van der Waals surface area contributed by atoms with Gasteiger partial charge in [0.05, 0.1) is 36.5 Å². The average Bonchev–Trinajstić information content (AvgIpc) is 3.46. The highest BCUT2D eigenvalue weighted by molar-refractivity contribution is 8.00. The SMILES string of the molecule is COc1cccc(C=C(NC(=O)c2ccccc2)C(=O)Nc2ccc(SC3CC(=O)N(c4ccc(N=Nc5ccccc5)cc4)C3=O)cc2)c1OC. The first kappa shape index (κ1) is 35.3. The Morgan fingerprint density at radius 2 is 1.42 bits per heavy atom. The van der Waals surface area contributed by atoms with Crippen LogP contribution in [0.2, 0.25) is 0 Å². The molecular formula is C40H33N5O6S. The molecule has 1 fully saturated rings. The number of anilines is 2. The van der Waals surface area contributed by atoms with E-state index in [2.05, 4.69) is 20.9 Å². The minimum absolute atomic E-state index is 0.0266. The summed E-state index contributed by atoms with van der Waals surface area (Å²) in [6, 6.07) is 36.7. The summed E-state index contributed by atoms with van der Waals surface area (Å²) >= 11 is 1.27. The predicted molar refractivity (Wildman–Crippen MR) is 200 cm³/mol. The number of ether oxygens (including phenoxy) is 2. The molecule has 6 rings (SSSR count). The number of hydrogen-bond donors (Lipinski definition) is 2. The summed E-state index contributed by atoms with van der Waals surface area (Å²) < 4.78 is 10.9. The van der Waals surface area contributed by atoms with Crippen molar-refractivity contribution in [2.24, 2.45) is 10.2 Å². The van der Waals surface area contributed by atoms with Crippen molar-refractivity contribution >= 4 is 64.2 Å². The van der Waals surface area contributed by atoms with E-state index in [-0.39, 0.29) is 23.9 Å². The second kappa shape index (κ2) is 16.5. The average molecular weight is 712 g/mol. The monoisotopic (exact) mass is 711 g/mol. The maximum Gasteiger partial charge on any atom is 0.272 e. The van der Waals surface area contributed by atoms with Gasteiger partial charge in [-0.15, -0.1) is 11.8 Å². The standard InChI is InChI=1S/C40H33N5O6S/c1-50-34-15-9-12-27(37(34)51-2)24-33(42-38(47)26-10-5-3-6-11-26)39(48)41-28-18-22-32(23-19-28)52-35-25-36(46)45(40(35)49)31-20-16-30(17-21-31)44-43-29-13-7-4-8-14-29/h3-24,35H,25H2,1-2H3,(H,41,48)(H,42,47). The number of para-hydroxylation sites is 1. The first-order valence-electron chi connectivity index (χ1n) is 16.1. The van der Waals surface area contributed by atoms with E-state index >= 15 is 0 Å². The van der Waals surface area contributed by atoms with Crippen LogP contribution >= 0.6 is 11.8 Å². The van der Waals surface area contributed by atoms with Gasteiger partial charge >= 0.3 is 0 Å². The van der Waals surface area contributed by atoms with Crippen molar-refractivity contribution in [3.63, 3.8) is 0 Å². The Kier molecular flexibility index (Phi) is 11.2. The molecule has 1 aliphatic heterocycles. The van der Waals surface area contributed by atoms with Gasteiger partial charge < -0.3 is 20.1 Å². The summed E-state index contributed by atoms with van der Waals surface area (Å²) in [5.41, 5.74) is 3.08. The van der Waals surface area contributed by atoms with E-state index in [0.29, 0.717) is 45.4 Å². The van der Waals surface area contributed by atoms with Crippen molar-refractivity contribution in [2.75, 3.05) is 24.4 Å². The molecule has 5 aromatic carbocycles. The molecule has 1 saturated heterocycles. The molecule has 2 N–H and O–H groups in total. The molecule has 12 heteroatoms. The lowest BCUT2D eigenvalue weighted by molar-refractivity contribution is -0.121. The van der Waals surface area contributed by atoms with Gasteiger partial charge in [0.2, 0.25) is 11.8 Å². The van der Waals surface area contributed by atoms with Gasteiger partial charge in [0.15, 0.2) is 11.5 Å². The van der Waals surface area contributed by atoms with Crippen LogP contribution in [0.15, 0.2) is 148 Å². The van der Waals surface area contributed by atoms with E-state index in [9.17, 15) is 19.2 Å². The number of thioether (sulfide) groups is 1. The van der Waals surface area contributed by atoms with Crippen LogP contribution in [-0.4, -0.2) is 43.1 Å². The molecule has 0 radical (unpaired) electrons. The van der Waals surface area contributed by atoms with Crippen LogP contribution in [0.1, 0.15) is 22.3 Å². The van der Waals surface area contributed by atoms with Gasteiger partial charge in [-0.3, -0.25) is 19.2 Å². The fourth-order valence-electron chi connectivity index (χ4n) is 5.35. The number of carbonyl (C=O) groups excluding carboxylic acids is 4. The second-order valence-corrected chi connectivity index (χ2v) is 12.6. The van der Waals surface area contributed by atoms with Crippen molar-refractivity contribution in [2.45, 2.75) is 16.6 Å². The molecule has 0 saturated carbocycles. The lowest BCUT2D eigenvalue weighted by Gasteiger charge is -2.15. The summed E-state index contributed by atoms with van der Waals surface area (Å²) in [5.74, 6) is -0.799. The van der Waals surface area contributed by atoms with Crippen LogP contribution in [-0.2, 0) is 14.4 Å². The fourth-order valence-corrected chi connectivity index (χ4v) is 6.40. The van der Waals surface area contributed by atoms with Gasteiger partial charge in [-0.2, -0.15) is 10.2 Å². The van der Waals surface area contributed by atoms with E-state index in [0.717, 1.165) is 4.90 Å². The van der Waals surface area contributed by atoms with Crippen molar-refractivity contribution in [3.8, 4) is 11.5 Å². The number of nitrogens with one attached hydrogen (secondary N) is 2. The molecule has 0 aliphatic carbocycles. The van der Waals surface area contributed by atoms with Gasteiger partial charge in [-0.25, -0.2) is 4.90 Å². The van der Waals surface area contributed by atoms with E-state index in [1.807, 2.05) is 30.3 Å². The molecule has 1 aliphatic rings. The number of imide groups is 1. The highest BCUT2D eigenvalue weighted by atomic mass is 32.2. The Bertz CT molecular complexity index is 2140. The molecule has 0 spiro atoms. The minimum Gasteiger partial charge on any atom is -0.493 e. The molecule has 52 heavy (non-hydrogen) atoms. The lowest BCUT2D eigenvalue weighted by Crippen LogP contribution is -2.31. The summed E-state index contributed by atoms with van der Waals surface area (Å²) in [6.45, 7) is 0. The predicted octanol–water partition coefficient (Wildman–Crippen LogP) is 7.95. The fraction of sp³-hybridized carbons (Fsp3) is 0.100. The number of benzene rings is 5. The van der Waals surface area contributed by atoms with Crippen molar-refractivity contribution in [3.05, 3.63) is 144 Å². The minimum atomic E-state index is -0.619. The topological polar surface area (TPSA) is 139 Å². The highest BCUT2D eigenvalue weighted by Gasteiger charge is 2.40. The Labute approximate surface area is 304 Å². The molecule has 0 bridgehead atoms. The number of methoxy groups -OCH3 is 2. The van der Waals surface area contributed by atoms with Crippen LogP contribution in [0, 0.1) is 0 Å². The Hall–Kier alpha value is -6.53. The summed E-state index contributed by atoms with van der Waals surface area (Å²) in [7, 11) is 3.00. The number of rotatable bonds is 12. The Morgan fingerprint density at radius 3 is 2.08 bits per heavy atom. The maximum absolute atomic E-state index is 13.6. The van der Waals surface area contributed by atoms with Crippen LogP contribution in [0.4, 0.5) is 22.7 Å². The van der Waals surface area contributed by atoms with E-state index in [1.54, 1.807) is 97.1 Å². The third kappa shape index (κ3) is 8.42. The summed E-state index contributed by atoms with van der Waals surface area (Å²) in [5, 5.41) is 13.3. The molecule has 4 amide bonds. The van der Waals surface area contributed by atoms with Crippen molar-refractivity contribution in [1.29, 1.82) is 0 Å². The van der Waals surface area contributed by atoms with E-state index in [1.165, 1.54) is 37.0 Å². The van der Waals surface area contributed by atoms with Gasteiger partial charge in [-0.05, 0) is 84.9 Å². The third-order valence-corrected chi connectivity index (χ3v) is 9.10.